The molecule has 2 rings (SSSR count). The molecule has 0 aromatic heterocycles. The Morgan fingerprint density at radius 1 is 1.38 bits per heavy atom. The first-order valence-electron chi connectivity index (χ1n) is 5.69. The van der Waals surface area contributed by atoms with Crippen molar-refractivity contribution in [1.29, 1.82) is 0 Å². The Balaban J connectivity index is 1.79. The van der Waals surface area contributed by atoms with Crippen LogP contribution in [0.2, 0.25) is 0 Å². The lowest BCUT2D eigenvalue weighted by Crippen LogP contribution is -2.19. The van der Waals surface area contributed by atoms with E-state index in [1.807, 2.05) is 0 Å². The molecule has 0 saturated heterocycles. The number of hydrazone groups is 1. The minimum atomic E-state index is 0.717. The van der Waals surface area contributed by atoms with Gasteiger partial charge in [0, 0.05) is 11.8 Å². The molecule has 0 amide bonds. The van der Waals surface area contributed by atoms with Crippen LogP contribution in [0.5, 0.6) is 0 Å². The smallest absolute Gasteiger partial charge is 0.0441 e. The topological polar surface area (TPSA) is 24.4 Å². The fourth-order valence-electron chi connectivity index (χ4n) is 1.98. The second-order valence-electron chi connectivity index (χ2n) is 4.45. The molecule has 0 aliphatic heterocycles. The van der Waals surface area contributed by atoms with Gasteiger partial charge in [-0.15, -0.1) is 0 Å². The Morgan fingerprint density at radius 3 is 2.92 bits per heavy atom. The summed E-state index contributed by atoms with van der Waals surface area (Å²) in [5.74, 6) is 0.911. The van der Waals surface area contributed by atoms with E-state index >= 15 is 0 Å². The van der Waals surface area contributed by atoms with E-state index in [2.05, 4.69) is 17.5 Å². The summed E-state index contributed by atoms with van der Waals surface area (Å²) in [5.41, 5.74) is 4.68. The molecule has 0 aromatic carbocycles. The molecule has 0 aromatic rings. The van der Waals surface area contributed by atoms with Crippen molar-refractivity contribution in [2.75, 3.05) is 0 Å². The highest BCUT2D eigenvalue weighted by molar-refractivity contribution is 5.85. The van der Waals surface area contributed by atoms with Gasteiger partial charge in [-0.2, -0.15) is 5.10 Å². The first-order chi connectivity index (χ1) is 6.38. The van der Waals surface area contributed by atoms with Gasteiger partial charge in [-0.25, -0.2) is 0 Å². The third kappa shape index (κ3) is 2.71. The maximum Gasteiger partial charge on any atom is 0.0441 e. The predicted molar refractivity (Wildman–Crippen MR) is 55.8 cm³/mol. The van der Waals surface area contributed by atoms with Crippen LogP contribution in [0.3, 0.4) is 0 Å². The van der Waals surface area contributed by atoms with Crippen LogP contribution >= 0.6 is 0 Å². The van der Waals surface area contributed by atoms with Gasteiger partial charge in [0.25, 0.3) is 0 Å². The number of rotatable bonds is 3. The molecule has 1 atom stereocenters. The van der Waals surface area contributed by atoms with Crippen molar-refractivity contribution in [3.63, 3.8) is 0 Å². The zero-order valence-corrected chi connectivity index (χ0v) is 8.55. The SMILES string of the molecule is CCC1CCC/C(=N/NC2CC2)C1. The number of nitrogens with one attached hydrogen (secondary N) is 1. The van der Waals surface area contributed by atoms with E-state index < -0.39 is 0 Å². The van der Waals surface area contributed by atoms with E-state index in [4.69, 9.17) is 0 Å². The highest BCUT2D eigenvalue weighted by Gasteiger charge is 2.21. The second-order valence-corrected chi connectivity index (χ2v) is 4.45. The van der Waals surface area contributed by atoms with Gasteiger partial charge in [-0.3, -0.25) is 0 Å². The summed E-state index contributed by atoms with van der Waals surface area (Å²) in [6.45, 7) is 2.29. The molecule has 0 heterocycles. The lowest BCUT2D eigenvalue weighted by atomic mass is 9.86. The number of hydrogen-bond donors (Lipinski definition) is 1. The normalized spacial score (nSPS) is 32.1. The average molecular weight is 180 g/mol. The summed E-state index contributed by atoms with van der Waals surface area (Å²) in [7, 11) is 0. The molecule has 74 valence electrons. The van der Waals surface area contributed by atoms with E-state index in [0.29, 0.717) is 0 Å². The van der Waals surface area contributed by atoms with E-state index in [-0.39, 0.29) is 0 Å². The summed E-state index contributed by atoms with van der Waals surface area (Å²) in [4.78, 5) is 0. The third-order valence-corrected chi connectivity index (χ3v) is 3.16. The van der Waals surface area contributed by atoms with Crippen LogP contribution in [-0.4, -0.2) is 11.8 Å². The molecule has 2 aliphatic rings. The van der Waals surface area contributed by atoms with Gasteiger partial charge in [-0.05, 0) is 44.4 Å². The average Bonchev–Trinajstić information content (AvgIpc) is 2.99. The monoisotopic (exact) mass is 180 g/mol. The zero-order valence-electron chi connectivity index (χ0n) is 8.55. The third-order valence-electron chi connectivity index (χ3n) is 3.16. The molecule has 0 spiro atoms. The van der Waals surface area contributed by atoms with Gasteiger partial charge in [0.2, 0.25) is 0 Å². The van der Waals surface area contributed by atoms with Crippen molar-refractivity contribution in [3.8, 4) is 0 Å². The standard InChI is InChI=1S/C11H20N2/c1-2-9-4-3-5-11(8-9)13-12-10-6-7-10/h9-10,12H,2-8H2,1H3/b13-11-. The van der Waals surface area contributed by atoms with Gasteiger partial charge >= 0.3 is 0 Å². The summed E-state index contributed by atoms with van der Waals surface area (Å²) in [6, 6.07) is 0.717. The van der Waals surface area contributed by atoms with Crippen molar-refractivity contribution in [3.05, 3.63) is 0 Å². The molecule has 1 unspecified atom stereocenters. The van der Waals surface area contributed by atoms with Gasteiger partial charge < -0.3 is 5.43 Å². The van der Waals surface area contributed by atoms with Crippen LogP contribution < -0.4 is 5.43 Å². The fraction of sp³-hybridized carbons (Fsp3) is 0.909. The van der Waals surface area contributed by atoms with Crippen molar-refractivity contribution in [1.82, 2.24) is 5.43 Å². The molecular weight excluding hydrogens is 160 g/mol. The summed E-state index contributed by atoms with van der Waals surface area (Å²) < 4.78 is 0. The van der Waals surface area contributed by atoms with E-state index in [1.165, 1.54) is 50.7 Å². The maximum atomic E-state index is 4.51. The van der Waals surface area contributed by atoms with Gasteiger partial charge in [-0.1, -0.05) is 13.3 Å². The number of hydrogen-bond acceptors (Lipinski definition) is 2. The fourth-order valence-corrected chi connectivity index (χ4v) is 1.98. The quantitative estimate of drug-likeness (QED) is 0.663. The maximum absolute atomic E-state index is 4.51. The Hall–Kier alpha value is -0.530. The highest BCUT2D eigenvalue weighted by atomic mass is 15.3. The van der Waals surface area contributed by atoms with E-state index in [9.17, 15) is 0 Å². The summed E-state index contributed by atoms with van der Waals surface area (Å²) in [6.07, 6.45) is 9.22. The van der Waals surface area contributed by atoms with Crippen LogP contribution in [0.15, 0.2) is 5.10 Å². The highest BCUT2D eigenvalue weighted by Crippen LogP contribution is 2.25. The Morgan fingerprint density at radius 2 is 2.23 bits per heavy atom. The Labute approximate surface area is 80.8 Å². The molecular formula is C11H20N2. The van der Waals surface area contributed by atoms with Gasteiger partial charge in [0.05, 0.1) is 0 Å². The van der Waals surface area contributed by atoms with Gasteiger partial charge in [0.15, 0.2) is 0 Å². The zero-order chi connectivity index (χ0) is 9.10. The molecule has 2 nitrogen and oxygen atoms in total. The number of nitrogens with zero attached hydrogens (tertiary/aromatic N) is 1. The first kappa shape index (κ1) is 9.04. The van der Waals surface area contributed by atoms with E-state index in [0.717, 1.165) is 12.0 Å². The molecule has 1 N–H and O–H groups in total. The molecule has 2 aliphatic carbocycles. The Kier molecular flexibility index (Phi) is 2.87. The van der Waals surface area contributed by atoms with Crippen molar-refractivity contribution >= 4 is 5.71 Å². The van der Waals surface area contributed by atoms with E-state index in [1.54, 1.807) is 0 Å². The molecule has 0 radical (unpaired) electrons. The molecule has 2 fully saturated rings. The minimum absolute atomic E-state index is 0.717. The summed E-state index contributed by atoms with van der Waals surface area (Å²) >= 11 is 0. The molecule has 13 heavy (non-hydrogen) atoms. The van der Waals surface area contributed by atoms with Crippen LogP contribution in [0.25, 0.3) is 0 Å². The lowest BCUT2D eigenvalue weighted by Gasteiger charge is -2.21. The molecule has 0 bridgehead atoms. The van der Waals surface area contributed by atoms with Crippen LogP contribution in [0.4, 0.5) is 0 Å². The lowest BCUT2D eigenvalue weighted by molar-refractivity contribution is 0.444. The van der Waals surface area contributed by atoms with Crippen molar-refractivity contribution in [2.45, 2.75) is 57.9 Å². The van der Waals surface area contributed by atoms with Gasteiger partial charge in [0.1, 0.15) is 0 Å². The minimum Gasteiger partial charge on any atom is -0.307 e. The second kappa shape index (κ2) is 4.12. The molecule has 2 heteroatoms. The van der Waals surface area contributed by atoms with Crippen LogP contribution in [0, 0.1) is 5.92 Å². The van der Waals surface area contributed by atoms with Crippen molar-refractivity contribution in [2.24, 2.45) is 11.0 Å². The molecule has 2 saturated carbocycles. The predicted octanol–water partition coefficient (Wildman–Crippen LogP) is 2.69. The summed E-state index contributed by atoms with van der Waals surface area (Å²) in [5, 5.41) is 4.51. The first-order valence-corrected chi connectivity index (χ1v) is 5.69. The van der Waals surface area contributed by atoms with Crippen molar-refractivity contribution < 1.29 is 0 Å². The van der Waals surface area contributed by atoms with Crippen LogP contribution in [0.1, 0.15) is 51.9 Å². The van der Waals surface area contributed by atoms with Crippen LogP contribution in [-0.2, 0) is 0 Å². The largest absolute Gasteiger partial charge is 0.307 e. The Bertz CT molecular complexity index is 194.